The van der Waals surface area contributed by atoms with E-state index in [1.54, 1.807) is 4.90 Å². The Morgan fingerprint density at radius 2 is 1.85 bits per heavy atom. The first-order chi connectivity index (χ1) is 18.6. The van der Waals surface area contributed by atoms with Crippen LogP contribution in [0.3, 0.4) is 0 Å². The molecule has 1 atom stereocenters. The van der Waals surface area contributed by atoms with Gasteiger partial charge in [-0.15, -0.1) is 0 Å². The van der Waals surface area contributed by atoms with Crippen LogP contribution in [-0.4, -0.2) is 59.5 Å². The van der Waals surface area contributed by atoms with Crippen molar-refractivity contribution in [1.29, 1.82) is 0 Å². The Kier molecular flexibility index (Phi) is 9.69. The van der Waals surface area contributed by atoms with Crippen LogP contribution >= 0.6 is 0 Å². The summed E-state index contributed by atoms with van der Waals surface area (Å²) in [7, 11) is 0. The standard InChI is InChI=1S/C29H38F3N3O4/c1-2-3-21-4-6-22(7-5-21)23-10-15-33(16-11-23)17-14-28(36)34-18-12-24(13-19-34)39-25-8-9-27(35(37)38)26(20-25)29(30,31)32/h4,6-9,20-21,23-24H,2-3,5,10-19H2,1H3. The lowest BCUT2D eigenvalue weighted by Crippen LogP contribution is -2.43. The van der Waals surface area contributed by atoms with Crippen molar-refractivity contribution in [3.63, 3.8) is 0 Å². The van der Waals surface area contributed by atoms with Crippen molar-refractivity contribution in [3.8, 4) is 5.75 Å². The molecule has 2 saturated heterocycles. The number of amides is 1. The van der Waals surface area contributed by atoms with Crippen LogP contribution in [0.25, 0.3) is 0 Å². The molecule has 1 unspecified atom stereocenters. The molecule has 214 valence electrons. The van der Waals surface area contributed by atoms with E-state index in [1.807, 2.05) is 0 Å². The summed E-state index contributed by atoms with van der Waals surface area (Å²) in [4.78, 5) is 26.9. The molecule has 10 heteroatoms. The Morgan fingerprint density at radius 1 is 1.13 bits per heavy atom. The summed E-state index contributed by atoms with van der Waals surface area (Å²) in [6, 6.07) is 2.70. The highest BCUT2D eigenvalue weighted by Crippen LogP contribution is 2.38. The van der Waals surface area contributed by atoms with E-state index in [9.17, 15) is 28.1 Å². The summed E-state index contributed by atoms with van der Waals surface area (Å²) in [5.41, 5.74) is -0.844. The van der Waals surface area contributed by atoms with E-state index >= 15 is 0 Å². The van der Waals surface area contributed by atoms with Gasteiger partial charge in [0.15, 0.2) is 0 Å². The number of alkyl halides is 3. The molecular formula is C29H38F3N3O4. The first-order valence-corrected chi connectivity index (χ1v) is 14.0. The number of nitrogens with zero attached hydrogens (tertiary/aromatic N) is 3. The van der Waals surface area contributed by atoms with E-state index in [-0.39, 0.29) is 17.8 Å². The molecular weight excluding hydrogens is 511 g/mol. The van der Waals surface area contributed by atoms with E-state index in [0.717, 1.165) is 45.0 Å². The van der Waals surface area contributed by atoms with Crippen molar-refractivity contribution in [2.75, 3.05) is 32.7 Å². The number of carbonyl (C=O) groups is 1. The molecule has 0 N–H and O–H groups in total. The maximum Gasteiger partial charge on any atom is 0.423 e. The summed E-state index contributed by atoms with van der Waals surface area (Å²) in [5, 5.41) is 11.0. The minimum Gasteiger partial charge on any atom is -0.490 e. The second-order valence-corrected chi connectivity index (χ2v) is 10.8. The Morgan fingerprint density at radius 3 is 2.44 bits per heavy atom. The van der Waals surface area contributed by atoms with Gasteiger partial charge in [-0.1, -0.05) is 31.6 Å². The van der Waals surface area contributed by atoms with Crippen LogP contribution in [0, 0.1) is 22.0 Å². The van der Waals surface area contributed by atoms with Gasteiger partial charge in [0.1, 0.15) is 17.4 Å². The van der Waals surface area contributed by atoms with Crippen LogP contribution in [0.4, 0.5) is 18.9 Å². The van der Waals surface area contributed by atoms with E-state index in [4.69, 9.17) is 4.74 Å². The van der Waals surface area contributed by atoms with Gasteiger partial charge < -0.3 is 14.5 Å². The summed E-state index contributed by atoms with van der Waals surface area (Å²) in [6.07, 6.45) is 9.23. The molecule has 7 nitrogen and oxygen atoms in total. The quantitative estimate of drug-likeness (QED) is 0.264. The molecule has 3 aliphatic rings. The molecule has 0 spiro atoms. The molecule has 1 amide bonds. The third-order valence-electron chi connectivity index (χ3n) is 8.15. The number of benzene rings is 1. The second-order valence-electron chi connectivity index (χ2n) is 10.8. The number of piperidine rings is 2. The van der Waals surface area contributed by atoms with Crippen LogP contribution in [0.5, 0.6) is 5.75 Å². The molecule has 2 fully saturated rings. The highest BCUT2D eigenvalue weighted by Gasteiger charge is 2.39. The smallest absolute Gasteiger partial charge is 0.423 e. The molecule has 0 saturated carbocycles. The average Bonchev–Trinajstić information content (AvgIpc) is 2.92. The lowest BCUT2D eigenvalue weighted by molar-refractivity contribution is -0.388. The number of rotatable bonds is 9. The van der Waals surface area contributed by atoms with Crippen molar-refractivity contribution in [1.82, 2.24) is 9.80 Å². The molecule has 39 heavy (non-hydrogen) atoms. The van der Waals surface area contributed by atoms with Gasteiger partial charge in [0.25, 0.3) is 5.69 Å². The minimum atomic E-state index is -4.85. The predicted octanol–water partition coefficient (Wildman–Crippen LogP) is 6.39. The fourth-order valence-corrected chi connectivity index (χ4v) is 5.86. The lowest BCUT2D eigenvalue weighted by atomic mass is 9.83. The predicted molar refractivity (Wildman–Crippen MR) is 142 cm³/mol. The summed E-state index contributed by atoms with van der Waals surface area (Å²) >= 11 is 0. The Labute approximate surface area is 227 Å². The monoisotopic (exact) mass is 549 g/mol. The molecule has 1 aromatic carbocycles. The van der Waals surface area contributed by atoms with Gasteiger partial charge in [-0.05, 0) is 68.3 Å². The Hall–Kier alpha value is -2.88. The van der Waals surface area contributed by atoms with Crippen molar-refractivity contribution >= 4 is 11.6 Å². The zero-order chi connectivity index (χ0) is 28.0. The van der Waals surface area contributed by atoms with Gasteiger partial charge in [-0.3, -0.25) is 14.9 Å². The van der Waals surface area contributed by atoms with Crippen molar-refractivity contribution in [3.05, 3.63) is 57.7 Å². The molecule has 1 aromatic rings. The number of hydrogen-bond donors (Lipinski definition) is 0. The molecule has 0 bridgehead atoms. The molecule has 2 aliphatic heterocycles. The summed E-state index contributed by atoms with van der Waals surface area (Å²) in [5.74, 6) is 1.33. The number of carbonyl (C=O) groups excluding carboxylic acids is 1. The number of ether oxygens (including phenoxy) is 1. The van der Waals surface area contributed by atoms with Crippen LogP contribution in [0.1, 0.15) is 63.9 Å². The number of halogens is 3. The zero-order valence-electron chi connectivity index (χ0n) is 22.5. The van der Waals surface area contributed by atoms with Crippen LogP contribution in [-0.2, 0) is 11.0 Å². The highest BCUT2D eigenvalue weighted by molar-refractivity contribution is 5.76. The third kappa shape index (κ3) is 7.84. The van der Waals surface area contributed by atoms with E-state index in [0.29, 0.717) is 50.3 Å². The van der Waals surface area contributed by atoms with Gasteiger partial charge in [0.05, 0.1) is 4.92 Å². The third-order valence-corrected chi connectivity index (χ3v) is 8.15. The molecule has 1 aliphatic carbocycles. The maximum atomic E-state index is 13.2. The number of likely N-dealkylation sites (tertiary alicyclic amines) is 2. The largest absolute Gasteiger partial charge is 0.490 e. The normalized spacial score (nSPS) is 21.6. The van der Waals surface area contributed by atoms with Crippen molar-refractivity contribution in [2.24, 2.45) is 11.8 Å². The summed E-state index contributed by atoms with van der Waals surface area (Å²) in [6.45, 7) is 5.90. The number of nitro benzene ring substituents is 1. The van der Waals surface area contributed by atoms with Gasteiger partial charge in [-0.25, -0.2) is 0 Å². The van der Waals surface area contributed by atoms with Gasteiger partial charge in [0.2, 0.25) is 5.91 Å². The Bertz CT molecular complexity index is 1070. The van der Waals surface area contributed by atoms with Crippen LogP contribution in [0.15, 0.2) is 42.0 Å². The average molecular weight is 550 g/mol. The van der Waals surface area contributed by atoms with Gasteiger partial charge >= 0.3 is 6.18 Å². The molecule has 2 heterocycles. The highest BCUT2D eigenvalue weighted by atomic mass is 19.4. The van der Waals surface area contributed by atoms with Gasteiger partial charge in [0, 0.05) is 45.0 Å². The SMILES string of the molecule is CCCC1C=CC(C2CCN(CCC(=O)N3CCC(Oc4ccc([N+](=O)[O-])c(C(F)(F)F)c4)CC3)CC2)=CC1. The fourth-order valence-electron chi connectivity index (χ4n) is 5.86. The molecule has 0 aromatic heterocycles. The van der Waals surface area contributed by atoms with E-state index < -0.39 is 22.4 Å². The fraction of sp³-hybridized carbons (Fsp3) is 0.621. The summed E-state index contributed by atoms with van der Waals surface area (Å²) < 4.78 is 45.4. The minimum absolute atomic E-state index is 0.0543. The maximum absolute atomic E-state index is 13.2. The molecule has 0 radical (unpaired) electrons. The first kappa shape index (κ1) is 29.1. The Balaban J connectivity index is 1.17. The van der Waals surface area contributed by atoms with Crippen molar-refractivity contribution in [2.45, 2.75) is 70.6 Å². The van der Waals surface area contributed by atoms with Gasteiger partial charge in [-0.2, -0.15) is 13.2 Å². The molecule has 4 rings (SSSR count). The number of hydrogen-bond acceptors (Lipinski definition) is 5. The number of allylic oxidation sites excluding steroid dienone is 4. The first-order valence-electron chi connectivity index (χ1n) is 14.0. The van der Waals surface area contributed by atoms with E-state index in [1.165, 1.54) is 24.5 Å². The lowest BCUT2D eigenvalue weighted by Gasteiger charge is -2.35. The van der Waals surface area contributed by atoms with Crippen LogP contribution < -0.4 is 4.74 Å². The van der Waals surface area contributed by atoms with Crippen LogP contribution in [0.2, 0.25) is 0 Å². The topological polar surface area (TPSA) is 75.9 Å². The number of nitro groups is 1. The van der Waals surface area contributed by atoms with Crippen molar-refractivity contribution < 1.29 is 27.6 Å². The zero-order valence-corrected chi connectivity index (χ0v) is 22.5. The second kappa shape index (κ2) is 13.0. The van der Waals surface area contributed by atoms with E-state index in [2.05, 4.69) is 30.1 Å².